The normalized spacial score (nSPS) is 11.0. The van der Waals surface area contributed by atoms with Crippen LogP contribution in [0.2, 0.25) is 0 Å². The van der Waals surface area contributed by atoms with Crippen LogP contribution in [0.5, 0.6) is 5.75 Å². The Labute approximate surface area is 140 Å². The summed E-state index contributed by atoms with van der Waals surface area (Å²) in [4.78, 5) is 10.8. The number of benzene rings is 3. The second kappa shape index (κ2) is 6.91. The lowest BCUT2D eigenvalue weighted by atomic mass is 10.2. The molecule has 0 saturated heterocycles. The summed E-state index contributed by atoms with van der Waals surface area (Å²) in [5, 5.41) is 2.00. The molecule has 0 fully saturated rings. The van der Waals surface area contributed by atoms with Crippen LogP contribution in [-0.2, 0) is 11.8 Å². The van der Waals surface area contributed by atoms with Crippen LogP contribution in [0.15, 0.2) is 84.9 Å². The molecule has 23 heavy (non-hydrogen) atoms. The van der Waals surface area contributed by atoms with Gasteiger partial charge in [-0.3, -0.25) is 4.79 Å². The van der Waals surface area contributed by atoms with E-state index in [-0.39, 0.29) is 0 Å². The largest absolute Gasteiger partial charge is 0.458 e. The van der Waals surface area contributed by atoms with Crippen molar-refractivity contribution in [3.05, 3.63) is 90.5 Å². The average molecular weight is 338 g/mol. The van der Waals surface area contributed by atoms with Gasteiger partial charge in [0.25, 0.3) is 0 Å². The zero-order chi connectivity index (χ0) is 16.1. The number of hydrogen-bond acceptors (Lipinski definition) is 3. The van der Waals surface area contributed by atoms with Crippen LogP contribution in [0.4, 0.5) is 0 Å². The first-order valence-corrected chi connectivity index (χ1v) is 9.90. The van der Waals surface area contributed by atoms with Gasteiger partial charge in [0.15, 0.2) is 6.26 Å². The van der Waals surface area contributed by atoms with Crippen LogP contribution < -0.4 is 15.1 Å². The van der Waals surface area contributed by atoms with Gasteiger partial charge in [-0.2, -0.15) is 0 Å². The number of carbonyl (C=O) groups excluding carboxylic acids is 1. The minimum atomic E-state index is -2.42. The van der Waals surface area contributed by atoms with Crippen molar-refractivity contribution in [3.63, 3.8) is 0 Å². The molecule has 0 saturated carbocycles. The zero-order valence-corrected chi connectivity index (χ0v) is 14.0. The van der Waals surface area contributed by atoms with E-state index < -0.39 is 6.26 Å². The van der Waals surface area contributed by atoms with Gasteiger partial charge in [0.1, 0.15) is 12.0 Å². The van der Waals surface area contributed by atoms with E-state index in [9.17, 15) is 4.79 Å². The third kappa shape index (κ3) is 3.42. The summed E-state index contributed by atoms with van der Waals surface area (Å²) in [5.74, 6) is 0.673. The standard InChI is InChI=1S/C19H15O2PS/c20-15-16-11-13-17(14-12-16)21-22(23,18-7-3-1-4-8-18)19-9-5-2-6-10-19/h1-15H. The number of carbonyl (C=O) groups is 1. The van der Waals surface area contributed by atoms with E-state index in [1.54, 1.807) is 24.3 Å². The van der Waals surface area contributed by atoms with Gasteiger partial charge in [0, 0.05) is 16.2 Å². The van der Waals surface area contributed by atoms with E-state index in [1.165, 1.54) is 0 Å². The lowest BCUT2D eigenvalue weighted by Crippen LogP contribution is -2.19. The quantitative estimate of drug-likeness (QED) is 0.521. The summed E-state index contributed by atoms with van der Waals surface area (Å²) in [6, 6.07) is 26.9. The van der Waals surface area contributed by atoms with Gasteiger partial charge in [-0.25, -0.2) is 0 Å². The average Bonchev–Trinajstić information content (AvgIpc) is 2.64. The van der Waals surface area contributed by atoms with E-state index in [0.717, 1.165) is 16.9 Å². The molecule has 0 atom stereocenters. The van der Waals surface area contributed by atoms with Crippen LogP contribution >= 0.6 is 6.26 Å². The molecule has 2 nitrogen and oxygen atoms in total. The number of aldehydes is 1. The van der Waals surface area contributed by atoms with Gasteiger partial charge in [0.2, 0.25) is 0 Å². The first-order chi connectivity index (χ1) is 11.2. The van der Waals surface area contributed by atoms with Crippen LogP contribution in [0.1, 0.15) is 10.4 Å². The van der Waals surface area contributed by atoms with Crippen molar-refractivity contribution in [2.75, 3.05) is 0 Å². The van der Waals surface area contributed by atoms with Crippen LogP contribution in [-0.4, -0.2) is 6.29 Å². The fourth-order valence-electron chi connectivity index (χ4n) is 2.26. The van der Waals surface area contributed by atoms with Crippen LogP contribution in [0.25, 0.3) is 0 Å². The Kier molecular flexibility index (Phi) is 4.71. The molecule has 3 aromatic rings. The summed E-state index contributed by atoms with van der Waals surface area (Å²) in [6.07, 6.45) is -1.61. The topological polar surface area (TPSA) is 26.3 Å². The molecule has 0 amide bonds. The third-order valence-corrected chi connectivity index (χ3v) is 7.35. The van der Waals surface area contributed by atoms with Crippen molar-refractivity contribution < 1.29 is 9.32 Å². The SMILES string of the molecule is O=Cc1ccc(OP(=S)(c2ccccc2)c2ccccc2)cc1. The molecule has 0 radical (unpaired) electrons. The summed E-state index contributed by atoms with van der Waals surface area (Å²) in [6.45, 7) is 0. The van der Waals surface area contributed by atoms with Gasteiger partial charge in [-0.1, -0.05) is 60.7 Å². The lowest BCUT2D eigenvalue weighted by molar-refractivity contribution is 0.112. The fraction of sp³-hybridized carbons (Fsp3) is 0. The Bertz CT molecular complexity index is 787. The first kappa shape index (κ1) is 15.7. The van der Waals surface area contributed by atoms with E-state index in [4.69, 9.17) is 16.3 Å². The van der Waals surface area contributed by atoms with Gasteiger partial charge in [0.05, 0.1) is 0 Å². The lowest BCUT2D eigenvalue weighted by Gasteiger charge is -2.24. The van der Waals surface area contributed by atoms with Crippen LogP contribution in [0.3, 0.4) is 0 Å². The van der Waals surface area contributed by atoms with Gasteiger partial charge in [-0.05, 0) is 36.1 Å². The minimum Gasteiger partial charge on any atom is -0.458 e. The maximum Gasteiger partial charge on any atom is 0.171 e. The maximum absolute atomic E-state index is 10.8. The Morgan fingerprint density at radius 1 is 0.739 bits per heavy atom. The molecule has 0 spiro atoms. The molecule has 0 aromatic heterocycles. The predicted molar refractivity (Wildman–Crippen MR) is 98.9 cm³/mol. The van der Waals surface area contributed by atoms with Crippen molar-refractivity contribution in [2.24, 2.45) is 0 Å². The molecule has 114 valence electrons. The van der Waals surface area contributed by atoms with E-state index >= 15 is 0 Å². The van der Waals surface area contributed by atoms with Crippen molar-refractivity contribution in [3.8, 4) is 5.75 Å². The second-order valence-electron chi connectivity index (χ2n) is 5.00. The summed E-state index contributed by atoms with van der Waals surface area (Å²) >= 11 is 6.00. The fourth-order valence-corrected chi connectivity index (χ4v) is 5.30. The van der Waals surface area contributed by atoms with Crippen molar-refractivity contribution in [1.29, 1.82) is 0 Å². The molecule has 0 aliphatic heterocycles. The maximum atomic E-state index is 10.8. The Morgan fingerprint density at radius 3 is 1.65 bits per heavy atom. The molecule has 3 aromatic carbocycles. The molecule has 4 heteroatoms. The molecule has 0 unspecified atom stereocenters. The van der Waals surface area contributed by atoms with Gasteiger partial charge < -0.3 is 4.52 Å². The van der Waals surface area contributed by atoms with Crippen molar-refractivity contribution >= 4 is 35.0 Å². The summed E-state index contributed by atoms with van der Waals surface area (Å²) in [5.41, 5.74) is 0.616. The van der Waals surface area contributed by atoms with Crippen molar-refractivity contribution in [1.82, 2.24) is 0 Å². The summed E-state index contributed by atoms with van der Waals surface area (Å²) in [7, 11) is 0. The second-order valence-corrected chi connectivity index (χ2v) is 8.86. The number of rotatable bonds is 5. The Balaban J connectivity index is 2.05. The van der Waals surface area contributed by atoms with Crippen molar-refractivity contribution in [2.45, 2.75) is 0 Å². The Morgan fingerprint density at radius 2 is 1.22 bits per heavy atom. The molecular weight excluding hydrogens is 323 g/mol. The molecule has 3 rings (SSSR count). The van der Waals surface area contributed by atoms with E-state index in [1.807, 2.05) is 60.7 Å². The monoisotopic (exact) mass is 338 g/mol. The molecule has 0 bridgehead atoms. The van der Waals surface area contributed by atoms with E-state index in [0.29, 0.717) is 11.3 Å². The molecule has 0 N–H and O–H groups in total. The molecular formula is C19H15O2PS. The highest BCUT2D eigenvalue weighted by atomic mass is 32.4. The van der Waals surface area contributed by atoms with E-state index in [2.05, 4.69) is 0 Å². The first-order valence-electron chi connectivity index (χ1n) is 7.18. The minimum absolute atomic E-state index is 0.616. The number of hydrogen-bond donors (Lipinski definition) is 0. The molecule has 0 aliphatic carbocycles. The smallest absolute Gasteiger partial charge is 0.171 e. The van der Waals surface area contributed by atoms with Gasteiger partial charge >= 0.3 is 0 Å². The van der Waals surface area contributed by atoms with Crippen LogP contribution in [0, 0.1) is 0 Å². The highest BCUT2D eigenvalue weighted by Crippen LogP contribution is 2.45. The van der Waals surface area contributed by atoms with Gasteiger partial charge in [-0.15, -0.1) is 0 Å². The third-order valence-electron chi connectivity index (χ3n) is 3.44. The molecule has 0 aliphatic rings. The zero-order valence-electron chi connectivity index (χ0n) is 12.3. The Hall–Kier alpha value is -2.22. The highest BCUT2D eigenvalue weighted by Gasteiger charge is 2.24. The highest BCUT2D eigenvalue weighted by molar-refractivity contribution is 8.19. The summed E-state index contributed by atoms with van der Waals surface area (Å²) < 4.78 is 6.28. The predicted octanol–water partition coefficient (Wildman–Crippen LogP) is 3.92. The molecule has 0 heterocycles.